The van der Waals surface area contributed by atoms with E-state index in [1.807, 2.05) is 12.1 Å². The lowest BCUT2D eigenvalue weighted by molar-refractivity contribution is -0.131. The summed E-state index contributed by atoms with van der Waals surface area (Å²) in [6.07, 6.45) is 2.50. The normalized spacial score (nSPS) is 16.9. The van der Waals surface area contributed by atoms with Crippen molar-refractivity contribution in [3.8, 4) is 6.07 Å². The molecule has 1 fully saturated rings. The molecule has 0 radical (unpaired) electrons. The first-order valence-electron chi connectivity index (χ1n) is 9.97. The van der Waals surface area contributed by atoms with Gasteiger partial charge in [-0.25, -0.2) is 8.78 Å². The predicted octanol–water partition coefficient (Wildman–Crippen LogP) is 1.77. The van der Waals surface area contributed by atoms with Crippen molar-refractivity contribution in [2.24, 2.45) is 0 Å². The van der Waals surface area contributed by atoms with Crippen molar-refractivity contribution < 1.29 is 23.2 Å². The number of benzene rings is 1. The highest BCUT2D eigenvalue weighted by Gasteiger charge is 2.47. The fraction of sp³-hybridized carbons (Fsp3) is 0.381. The number of anilines is 1. The molecule has 2 aromatic rings. The highest BCUT2D eigenvalue weighted by atomic mass is 19.3. The van der Waals surface area contributed by atoms with Crippen molar-refractivity contribution in [3.63, 3.8) is 0 Å². The maximum Gasteiger partial charge on any atom is 0.268 e. The molecule has 0 spiro atoms. The van der Waals surface area contributed by atoms with E-state index in [0.29, 0.717) is 18.7 Å². The lowest BCUT2D eigenvalue weighted by Gasteiger charge is -2.19. The number of nitrogens with zero attached hydrogens (tertiary/aromatic N) is 4. The fourth-order valence-electron chi connectivity index (χ4n) is 3.25. The molecule has 32 heavy (non-hydrogen) atoms. The summed E-state index contributed by atoms with van der Waals surface area (Å²) in [6, 6.07) is 7.66. The summed E-state index contributed by atoms with van der Waals surface area (Å²) >= 11 is 0. The number of hydrogen-bond donors (Lipinski definition) is 2. The molecule has 0 unspecified atom stereocenters. The summed E-state index contributed by atoms with van der Waals surface area (Å²) < 4.78 is 28.5. The van der Waals surface area contributed by atoms with E-state index in [0.717, 1.165) is 10.5 Å². The smallest absolute Gasteiger partial charge is 0.268 e. The summed E-state index contributed by atoms with van der Waals surface area (Å²) in [5.74, 6) is -4.52. The second-order valence-corrected chi connectivity index (χ2v) is 7.43. The monoisotopic (exact) mass is 444 g/mol. The number of carbonyl (C=O) groups is 3. The van der Waals surface area contributed by atoms with E-state index in [2.05, 4.69) is 15.7 Å². The molecule has 168 valence electrons. The van der Waals surface area contributed by atoms with Gasteiger partial charge in [-0.2, -0.15) is 10.4 Å². The van der Waals surface area contributed by atoms with Crippen LogP contribution in [0.25, 0.3) is 0 Å². The minimum atomic E-state index is -3.11. The van der Waals surface area contributed by atoms with Gasteiger partial charge in [-0.05, 0) is 17.7 Å². The third-order valence-corrected chi connectivity index (χ3v) is 4.94. The molecule has 2 heterocycles. The van der Waals surface area contributed by atoms with Gasteiger partial charge in [0, 0.05) is 24.7 Å². The van der Waals surface area contributed by atoms with Crippen LogP contribution in [0.5, 0.6) is 0 Å². The zero-order valence-corrected chi connectivity index (χ0v) is 17.3. The fourth-order valence-corrected chi connectivity index (χ4v) is 3.25. The molecule has 2 N–H and O–H groups in total. The Morgan fingerprint density at radius 1 is 1.28 bits per heavy atom. The van der Waals surface area contributed by atoms with Gasteiger partial charge in [0.15, 0.2) is 0 Å². The van der Waals surface area contributed by atoms with Crippen molar-refractivity contribution in [2.75, 3.05) is 18.4 Å². The van der Waals surface area contributed by atoms with Crippen molar-refractivity contribution in [1.82, 2.24) is 20.0 Å². The van der Waals surface area contributed by atoms with Gasteiger partial charge in [0.05, 0.1) is 37.5 Å². The maximum absolute atomic E-state index is 13.5. The highest BCUT2D eigenvalue weighted by Crippen LogP contribution is 2.31. The number of rotatable bonds is 7. The van der Waals surface area contributed by atoms with Crippen LogP contribution < -0.4 is 10.6 Å². The second kappa shape index (κ2) is 9.55. The van der Waals surface area contributed by atoms with Crippen LogP contribution in [0.1, 0.15) is 35.7 Å². The number of likely N-dealkylation sites (tertiary alicyclic amines) is 1. The molecule has 1 atom stereocenters. The zero-order valence-electron chi connectivity index (χ0n) is 17.3. The molecule has 9 nitrogen and oxygen atoms in total. The largest absolute Gasteiger partial charge is 0.343 e. The summed E-state index contributed by atoms with van der Waals surface area (Å²) in [6.45, 7) is 0.807. The van der Waals surface area contributed by atoms with E-state index >= 15 is 0 Å². The number of nitriles is 1. The number of amides is 3. The van der Waals surface area contributed by atoms with Gasteiger partial charge in [0.25, 0.3) is 11.8 Å². The summed E-state index contributed by atoms with van der Waals surface area (Å²) in [5.41, 5.74) is 1.77. The minimum absolute atomic E-state index is 0.0828. The van der Waals surface area contributed by atoms with Gasteiger partial charge in [-0.15, -0.1) is 0 Å². The molecule has 3 rings (SSSR count). The van der Waals surface area contributed by atoms with Crippen LogP contribution in [0.4, 0.5) is 14.5 Å². The van der Waals surface area contributed by atoms with Crippen LogP contribution >= 0.6 is 0 Å². The quantitative estimate of drug-likeness (QED) is 0.674. The Labute approximate surface area is 183 Å². The number of nitrogens with one attached hydrogen (secondary N) is 2. The van der Waals surface area contributed by atoms with Gasteiger partial charge in [0.1, 0.15) is 6.04 Å². The van der Waals surface area contributed by atoms with Crippen LogP contribution in [-0.2, 0) is 16.1 Å². The first-order valence-corrected chi connectivity index (χ1v) is 9.97. The van der Waals surface area contributed by atoms with Crippen LogP contribution in [-0.4, -0.2) is 57.5 Å². The Hall–Kier alpha value is -3.81. The van der Waals surface area contributed by atoms with E-state index in [1.165, 1.54) is 17.1 Å². The maximum atomic E-state index is 13.5. The topological polar surface area (TPSA) is 120 Å². The van der Waals surface area contributed by atoms with Crippen LogP contribution in [0, 0.1) is 11.3 Å². The Morgan fingerprint density at radius 3 is 2.66 bits per heavy atom. The van der Waals surface area contributed by atoms with Gasteiger partial charge in [0.2, 0.25) is 11.8 Å². The van der Waals surface area contributed by atoms with E-state index < -0.39 is 43.3 Å². The lowest BCUT2D eigenvalue weighted by Crippen LogP contribution is -2.42. The van der Waals surface area contributed by atoms with E-state index in [4.69, 9.17) is 5.26 Å². The summed E-state index contributed by atoms with van der Waals surface area (Å²) in [5, 5.41) is 18.2. The molecule has 3 amide bonds. The number of halogens is 2. The first kappa shape index (κ1) is 22.9. The standard InChI is InChI=1S/C21H22F2N6O3/c1-2-18(30)27-16-5-3-14(4-6-16)11-28-12-15(9-26-28)20(32)25-10-19(31)29-13-21(22,23)7-17(29)8-24/h3-6,9,12,17H,2,7,10-11,13H2,1H3,(H,25,32)(H,27,30)/t17-/m0/s1. The molecule has 1 saturated heterocycles. The highest BCUT2D eigenvalue weighted by molar-refractivity contribution is 5.96. The predicted molar refractivity (Wildman–Crippen MR) is 110 cm³/mol. The number of carbonyl (C=O) groups excluding carboxylic acids is 3. The average Bonchev–Trinajstić information content (AvgIpc) is 3.36. The number of aromatic nitrogens is 2. The Bertz CT molecular complexity index is 1040. The first-order chi connectivity index (χ1) is 15.2. The molecular formula is C21H22F2N6O3. The van der Waals surface area contributed by atoms with Crippen molar-refractivity contribution in [2.45, 2.75) is 38.3 Å². The number of alkyl halides is 2. The van der Waals surface area contributed by atoms with E-state index in [1.54, 1.807) is 25.1 Å². The molecule has 1 aromatic carbocycles. The summed E-state index contributed by atoms with van der Waals surface area (Å²) in [4.78, 5) is 36.7. The number of hydrogen-bond acceptors (Lipinski definition) is 5. The molecular weight excluding hydrogens is 422 g/mol. The zero-order chi connectivity index (χ0) is 23.3. The molecule has 1 aromatic heterocycles. The lowest BCUT2D eigenvalue weighted by atomic mass is 10.2. The van der Waals surface area contributed by atoms with Crippen LogP contribution in [0.2, 0.25) is 0 Å². The summed E-state index contributed by atoms with van der Waals surface area (Å²) in [7, 11) is 0. The minimum Gasteiger partial charge on any atom is -0.343 e. The Balaban J connectivity index is 1.53. The van der Waals surface area contributed by atoms with Crippen molar-refractivity contribution in [3.05, 3.63) is 47.8 Å². The molecule has 1 aliphatic heterocycles. The van der Waals surface area contributed by atoms with Crippen molar-refractivity contribution in [1.29, 1.82) is 5.26 Å². The molecule has 1 aliphatic rings. The van der Waals surface area contributed by atoms with Gasteiger partial charge < -0.3 is 15.5 Å². The average molecular weight is 444 g/mol. The van der Waals surface area contributed by atoms with Gasteiger partial charge in [-0.1, -0.05) is 19.1 Å². The van der Waals surface area contributed by atoms with Crippen LogP contribution in [0.3, 0.4) is 0 Å². The van der Waals surface area contributed by atoms with Gasteiger partial charge >= 0.3 is 0 Å². The van der Waals surface area contributed by atoms with Crippen molar-refractivity contribution >= 4 is 23.4 Å². The Morgan fingerprint density at radius 2 is 2.00 bits per heavy atom. The van der Waals surface area contributed by atoms with Gasteiger partial charge in [-0.3, -0.25) is 19.1 Å². The molecule has 0 bridgehead atoms. The molecule has 0 saturated carbocycles. The molecule has 0 aliphatic carbocycles. The SMILES string of the molecule is CCC(=O)Nc1ccc(Cn2cc(C(=O)NCC(=O)N3CC(F)(F)C[C@H]3C#N)cn2)cc1. The Kier molecular flexibility index (Phi) is 6.82. The molecule has 11 heteroatoms. The third-order valence-electron chi connectivity index (χ3n) is 4.94. The van der Waals surface area contributed by atoms with E-state index in [9.17, 15) is 23.2 Å². The van der Waals surface area contributed by atoms with E-state index in [-0.39, 0.29) is 11.5 Å². The van der Waals surface area contributed by atoms with Crippen LogP contribution in [0.15, 0.2) is 36.7 Å². The second-order valence-electron chi connectivity index (χ2n) is 7.43. The third kappa shape index (κ3) is 5.66.